The number of hydrogen-bond acceptors (Lipinski definition) is 5. The maximum absolute atomic E-state index is 13.9. The third-order valence-electron chi connectivity index (χ3n) is 2.72. The van der Waals surface area contributed by atoms with Gasteiger partial charge >= 0.3 is 0 Å². The first-order chi connectivity index (χ1) is 10.1. The van der Waals surface area contributed by atoms with Gasteiger partial charge in [0.1, 0.15) is 0 Å². The van der Waals surface area contributed by atoms with Crippen LogP contribution in [0.3, 0.4) is 0 Å². The van der Waals surface area contributed by atoms with Crippen molar-refractivity contribution in [1.82, 2.24) is 15.5 Å². The summed E-state index contributed by atoms with van der Waals surface area (Å²) >= 11 is 0. The summed E-state index contributed by atoms with van der Waals surface area (Å²) in [5, 5.41) is 10.4. The Hall–Kier alpha value is -2.02. The highest BCUT2D eigenvalue weighted by Crippen LogP contribution is 2.24. The van der Waals surface area contributed by atoms with Crippen molar-refractivity contribution in [1.29, 1.82) is 0 Å². The van der Waals surface area contributed by atoms with Gasteiger partial charge in [-0.3, -0.25) is 0 Å². The lowest BCUT2D eigenvalue weighted by atomic mass is 10.2. The standard InChI is InChI=1S/C14H17F2N3O2/c1-3-4-17-7-10-5-11(15)14(12(16)6-10)20-8-13-19-18-9(2)21-13/h5-6,17H,3-4,7-8H2,1-2H3. The molecule has 2 rings (SSSR count). The normalized spacial score (nSPS) is 10.9. The Morgan fingerprint density at radius 1 is 1.24 bits per heavy atom. The largest absolute Gasteiger partial charge is 0.478 e. The van der Waals surface area contributed by atoms with Gasteiger partial charge < -0.3 is 14.5 Å². The topological polar surface area (TPSA) is 60.2 Å². The van der Waals surface area contributed by atoms with Crippen LogP contribution in [0.5, 0.6) is 5.75 Å². The fourth-order valence-electron chi connectivity index (χ4n) is 1.79. The van der Waals surface area contributed by atoms with Gasteiger partial charge in [0.05, 0.1) is 0 Å². The molecule has 2 aromatic rings. The number of aryl methyl sites for hydroxylation is 1. The molecule has 0 unspecified atom stereocenters. The highest BCUT2D eigenvalue weighted by atomic mass is 19.1. The van der Waals surface area contributed by atoms with Gasteiger partial charge in [0, 0.05) is 13.5 Å². The van der Waals surface area contributed by atoms with E-state index in [0.29, 0.717) is 18.0 Å². The van der Waals surface area contributed by atoms with Crippen molar-refractivity contribution in [2.75, 3.05) is 6.54 Å². The Morgan fingerprint density at radius 2 is 1.95 bits per heavy atom. The average Bonchev–Trinajstić information content (AvgIpc) is 2.84. The van der Waals surface area contributed by atoms with Crippen molar-refractivity contribution in [2.24, 2.45) is 0 Å². The number of benzene rings is 1. The minimum absolute atomic E-state index is 0.167. The maximum Gasteiger partial charge on any atom is 0.253 e. The molecule has 7 heteroatoms. The van der Waals surface area contributed by atoms with E-state index in [1.165, 1.54) is 12.1 Å². The van der Waals surface area contributed by atoms with Crippen LogP contribution in [0.4, 0.5) is 8.78 Å². The van der Waals surface area contributed by atoms with Crippen LogP contribution in [0.15, 0.2) is 16.5 Å². The molecule has 0 saturated heterocycles. The van der Waals surface area contributed by atoms with Crippen molar-refractivity contribution in [3.8, 4) is 5.75 Å². The molecular formula is C14H17F2N3O2. The molecule has 5 nitrogen and oxygen atoms in total. The third kappa shape index (κ3) is 4.22. The number of halogens is 2. The Bertz CT molecular complexity index is 579. The summed E-state index contributed by atoms with van der Waals surface area (Å²) in [5.74, 6) is -1.41. The quantitative estimate of drug-likeness (QED) is 0.796. The molecule has 1 N–H and O–H groups in total. The summed E-state index contributed by atoms with van der Waals surface area (Å²) in [7, 11) is 0. The van der Waals surface area contributed by atoms with Gasteiger partial charge in [-0.05, 0) is 30.7 Å². The van der Waals surface area contributed by atoms with Crippen LogP contribution in [0.2, 0.25) is 0 Å². The molecule has 0 aliphatic heterocycles. The maximum atomic E-state index is 13.9. The van der Waals surface area contributed by atoms with E-state index in [2.05, 4.69) is 15.5 Å². The summed E-state index contributed by atoms with van der Waals surface area (Å²) < 4.78 is 37.9. The number of rotatable bonds is 7. The molecule has 0 fully saturated rings. The molecule has 0 saturated carbocycles. The van der Waals surface area contributed by atoms with Gasteiger partial charge in [-0.15, -0.1) is 10.2 Å². The minimum Gasteiger partial charge on any atom is -0.478 e. The van der Waals surface area contributed by atoms with E-state index in [1.54, 1.807) is 6.92 Å². The summed E-state index contributed by atoms with van der Waals surface area (Å²) in [6, 6.07) is 2.50. The molecule has 1 heterocycles. The third-order valence-corrected chi connectivity index (χ3v) is 2.72. The predicted octanol–water partition coefficient (Wildman–Crippen LogP) is 2.73. The van der Waals surface area contributed by atoms with E-state index in [-0.39, 0.29) is 12.5 Å². The van der Waals surface area contributed by atoms with E-state index in [9.17, 15) is 8.78 Å². The molecule has 0 aliphatic rings. The fourth-order valence-corrected chi connectivity index (χ4v) is 1.79. The lowest BCUT2D eigenvalue weighted by Crippen LogP contribution is -2.14. The van der Waals surface area contributed by atoms with Crippen molar-refractivity contribution < 1.29 is 17.9 Å². The van der Waals surface area contributed by atoms with Crippen LogP contribution in [0.1, 0.15) is 30.7 Å². The number of hydrogen-bond donors (Lipinski definition) is 1. The summed E-state index contributed by atoms with van der Waals surface area (Å²) in [5.41, 5.74) is 0.527. The number of ether oxygens (including phenoxy) is 1. The molecular weight excluding hydrogens is 280 g/mol. The van der Waals surface area contributed by atoms with Crippen LogP contribution >= 0.6 is 0 Å². The van der Waals surface area contributed by atoms with E-state index in [1.807, 2.05) is 6.92 Å². The molecule has 0 aliphatic carbocycles. The van der Waals surface area contributed by atoms with E-state index >= 15 is 0 Å². The van der Waals surface area contributed by atoms with E-state index in [0.717, 1.165) is 13.0 Å². The molecule has 0 spiro atoms. The van der Waals surface area contributed by atoms with Gasteiger partial charge in [0.25, 0.3) is 5.89 Å². The van der Waals surface area contributed by atoms with Crippen molar-refractivity contribution in [2.45, 2.75) is 33.4 Å². The molecule has 1 aromatic carbocycles. The molecule has 0 radical (unpaired) electrons. The van der Waals surface area contributed by atoms with E-state index in [4.69, 9.17) is 9.15 Å². The van der Waals surface area contributed by atoms with Gasteiger partial charge in [0.2, 0.25) is 5.89 Å². The van der Waals surface area contributed by atoms with Crippen LogP contribution in [0, 0.1) is 18.6 Å². The molecule has 0 bridgehead atoms. The molecule has 0 atom stereocenters. The first-order valence-electron chi connectivity index (χ1n) is 6.70. The number of aromatic nitrogens is 2. The summed E-state index contributed by atoms with van der Waals surface area (Å²) in [6.45, 7) is 4.66. The van der Waals surface area contributed by atoms with Crippen LogP contribution < -0.4 is 10.1 Å². The lowest BCUT2D eigenvalue weighted by Gasteiger charge is -2.09. The second kappa shape index (κ2) is 7.12. The van der Waals surface area contributed by atoms with Crippen molar-refractivity contribution in [3.05, 3.63) is 41.1 Å². The van der Waals surface area contributed by atoms with Gasteiger partial charge in [-0.25, -0.2) is 8.78 Å². The van der Waals surface area contributed by atoms with Crippen molar-refractivity contribution >= 4 is 0 Å². The smallest absolute Gasteiger partial charge is 0.253 e. The number of nitrogens with one attached hydrogen (secondary N) is 1. The molecule has 1 aromatic heterocycles. The molecule has 114 valence electrons. The first kappa shape index (κ1) is 15.4. The fraction of sp³-hybridized carbons (Fsp3) is 0.429. The average molecular weight is 297 g/mol. The number of nitrogens with zero attached hydrogens (tertiary/aromatic N) is 2. The second-order valence-electron chi connectivity index (χ2n) is 4.57. The summed E-state index contributed by atoms with van der Waals surface area (Å²) in [6.07, 6.45) is 0.954. The zero-order valence-electron chi connectivity index (χ0n) is 11.9. The Labute approximate surface area is 121 Å². The Morgan fingerprint density at radius 3 is 2.52 bits per heavy atom. The highest BCUT2D eigenvalue weighted by Gasteiger charge is 2.14. The summed E-state index contributed by atoms with van der Waals surface area (Å²) in [4.78, 5) is 0. The highest BCUT2D eigenvalue weighted by molar-refractivity contribution is 5.31. The minimum atomic E-state index is -0.750. The molecule has 21 heavy (non-hydrogen) atoms. The molecule has 0 amide bonds. The van der Waals surface area contributed by atoms with Crippen molar-refractivity contribution in [3.63, 3.8) is 0 Å². The lowest BCUT2D eigenvalue weighted by molar-refractivity contribution is 0.238. The van der Waals surface area contributed by atoms with E-state index < -0.39 is 17.4 Å². The second-order valence-corrected chi connectivity index (χ2v) is 4.57. The first-order valence-corrected chi connectivity index (χ1v) is 6.70. The van der Waals surface area contributed by atoms with Crippen LogP contribution in [-0.4, -0.2) is 16.7 Å². The monoisotopic (exact) mass is 297 g/mol. The van der Waals surface area contributed by atoms with Gasteiger partial charge in [-0.1, -0.05) is 6.92 Å². The zero-order valence-corrected chi connectivity index (χ0v) is 11.9. The van der Waals surface area contributed by atoms with Crippen LogP contribution in [-0.2, 0) is 13.2 Å². The van der Waals surface area contributed by atoms with Crippen LogP contribution in [0.25, 0.3) is 0 Å². The SMILES string of the molecule is CCCNCc1cc(F)c(OCc2nnc(C)o2)c(F)c1. The zero-order chi connectivity index (χ0) is 15.2. The Kier molecular flexibility index (Phi) is 5.21. The predicted molar refractivity (Wildman–Crippen MR) is 71.7 cm³/mol. The Balaban J connectivity index is 2.02. The van der Waals surface area contributed by atoms with Gasteiger partial charge in [0.15, 0.2) is 24.0 Å². The van der Waals surface area contributed by atoms with Gasteiger partial charge in [-0.2, -0.15) is 0 Å².